The number of aromatic amines is 1. The Bertz CT molecular complexity index is 583. The van der Waals surface area contributed by atoms with E-state index >= 15 is 0 Å². The first kappa shape index (κ1) is 12.2. The monoisotopic (exact) mass is 247 g/mol. The fourth-order valence-corrected chi connectivity index (χ4v) is 1.70. The molecule has 94 valence electrons. The fraction of sp³-hybridized carbons (Fsp3) is 0.231. The van der Waals surface area contributed by atoms with Crippen LogP contribution in [0.1, 0.15) is 12.0 Å². The molecule has 0 aliphatic rings. The number of aromatic nitrogens is 1. The molecule has 0 aliphatic heterocycles. The van der Waals surface area contributed by atoms with Gasteiger partial charge in [-0.2, -0.15) is 5.16 Å². The van der Waals surface area contributed by atoms with Gasteiger partial charge < -0.3 is 9.26 Å². The zero-order valence-electron chi connectivity index (χ0n) is 9.93. The van der Waals surface area contributed by atoms with Crippen molar-refractivity contribution in [1.82, 2.24) is 5.16 Å². The third-order valence-electron chi connectivity index (χ3n) is 2.64. The van der Waals surface area contributed by atoms with Crippen molar-refractivity contribution < 1.29 is 14.1 Å². The lowest BCUT2D eigenvalue weighted by Crippen LogP contribution is -2.09. The van der Waals surface area contributed by atoms with Crippen molar-refractivity contribution in [2.45, 2.75) is 12.8 Å². The predicted molar refractivity (Wildman–Crippen MR) is 65.1 cm³/mol. The summed E-state index contributed by atoms with van der Waals surface area (Å²) >= 11 is 0. The predicted octanol–water partition coefficient (Wildman–Crippen LogP) is 1.74. The van der Waals surface area contributed by atoms with E-state index in [0.29, 0.717) is 17.7 Å². The highest BCUT2D eigenvalue weighted by Gasteiger charge is 2.15. The number of carbonyl (C=O) groups excluding carboxylic acids is 1. The van der Waals surface area contributed by atoms with Crippen molar-refractivity contribution in [3.63, 3.8) is 0 Å². The smallest absolute Gasteiger partial charge is 0.305 e. The highest BCUT2D eigenvalue weighted by Crippen LogP contribution is 2.21. The maximum Gasteiger partial charge on any atom is 0.305 e. The number of esters is 1. The van der Waals surface area contributed by atoms with Gasteiger partial charge in [0.25, 0.3) is 5.56 Å². The molecule has 0 radical (unpaired) electrons. The molecule has 18 heavy (non-hydrogen) atoms. The molecule has 2 rings (SSSR count). The average Bonchev–Trinajstić information content (AvgIpc) is 2.78. The first-order valence-electron chi connectivity index (χ1n) is 5.55. The second kappa shape index (κ2) is 5.35. The van der Waals surface area contributed by atoms with Crippen LogP contribution in [0.2, 0.25) is 0 Å². The maximum absolute atomic E-state index is 11.6. The van der Waals surface area contributed by atoms with Crippen LogP contribution < -0.4 is 5.56 Å². The molecule has 1 aromatic heterocycles. The molecule has 0 atom stereocenters. The fourth-order valence-electron chi connectivity index (χ4n) is 1.70. The quantitative estimate of drug-likeness (QED) is 0.835. The first-order chi connectivity index (χ1) is 8.72. The second-order valence-corrected chi connectivity index (χ2v) is 3.78. The van der Waals surface area contributed by atoms with Gasteiger partial charge >= 0.3 is 5.97 Å². The van der Waals surface area contributed by atoms with Crippen LogP contribution in [-0.2, 0) is 16.0 Å². The van der Waals surface area contributed by atoms with Crippen molar-refractivity contribution >= 4 is 5.97 Å². The Kier molecular flexibility index (Phi) is 3.62. The van der Waals surface area contributed by atoms with Crippen LogP contribution >= 0.6 is 0 Å². The van der Waals surface area contributed by atoms with Crippen molar-refractivity contribution in [2.24, 2.45) is 0 Å². The van der Waals surface area contributed by atoms with Gasteiger partial charge in [0.05, 0.1) is 12.7 Å². The van der Waals surface area contributed by atoms with Crippen molar-refractivity contribution in [3.05, 3.63) is 46.2 Å². The minimum Gasteiger partial charge on any atom is -0.469 e. The molecule has 2 aromatic rings. The third-order valence-corrected chi connectivity index (χ3v) is 2.64. The number of methoxy groups -OCH3 is 1. The molecule has 0 amide bonds. The summed E-state index contributed by atoms with van der Waals surface area (Å²) in [4.78, 5) is 22.7. The number of nitrogens with one attached hydrogen (secondary N) is 1. The lowest BCUT2D eigenvalue weighted by molar-refractivity contribution is -0.140. The Hall–Kier alpha value is -2.30. The van der Waals surface area contributed by atoms with Crippen LogP contribution in [0, 0.1) is 0 Å². The Morgan fingerprint density at radius 2 is 2.06 bits per heavy atom. The van der Waals surface area contributed by atoms with E-state index in [1.165, 1.54) is 7.11 Å². The minimum absolute atomic E-state index is 0.152. The molecule has 0 unspecified atom stereocenters. The second-order valence-electron chi connectivity index (χ2n) is 3.78. The summed E-state index contributed by atoms with van der Waals surface area (Å²) in [5, 5.41) is 2.29. The zero-order chi connectivity index (χ0) is 13.0. The molecule has 0 saturated heterocycles. The maximum atomic E-state index is 11.6. The van der Waals surface area contributed by atoms with Gasteiger partial charge in [0, 0.05) is 12.0 Å². The van der Waals surface area contributed by atoms with Crippen LogP contribution in [0.15, 0.2) is 39.6 Å². The van der Waals surface area contributed by atoms with E-state index in [0.717, 1.165) is 5.56 Å². The highest BCUT2D eigenvalue weighted by atomic mass is 16.5. The Morgan fingerprint density at radius 1 is 1.33 bits per heavy atom. The van der Waals surface area contributed by atoms with E-state index in [2.05, 4.69) is 9.89 Å². The largest absolute Gasteiger partial charge is 0.469 e. The van der Waals surface area contributed by atoms with Gasteiger partial charge in [-0.05, 0) is 6.42 Å². The number of rotatable bonds is 4. The SMILES string of the molecule is COC(=O)CCc1c(-c2ccccc2)o[nH]c1=O. The highest BCUT2D eigenvalue weighted by molar-refractivity contribution is 5.70. The molecular weight excluding hydrogens is 234 g/mol. The first-order valence-corrected chi connectivity index (χ1v) is 5.55. The summed E-state index contributed by atoms with van der Waals surface area (Å²) < 4.78 is 9.71. The number of benzene rings is 1. The molecule has 0 spiro atoms. The molecule has 1 aromatic carbocycles. The van der Waals surface area contributed by atoms with Crippen LogP contribution in [0.4, 0.5) is 0 Å². The molecule has 1 heterocycles. The van der Waals surface area contributed by atoms with E-state index in [1.807, 2.05) is 30.3 Å². The Balaban J connectivity index is 2.28. The Morgan fingerprint density at radius 3 is 2.72 bits per heavy atom. The van der Waals surface area contributed by atoms with Gasteiger partial charge in [0.2, 0.25) is 0 Å². The van der Waals surface area contributed by atoms with Gasteiger partial charge in [0.1, 0.15) is 0 Å². The number of hydrogen-bond acceptors (Lipinski definition) is 4. The molecule has 1 N–H and O–H groups in total. The number of hydrogen-bond donors (Lipinski definition) is 1. The summed E-state index contributed by atoms with van der Waals surface area (Å²) in [7, 11) is 1.32. The lowest BCUT2D eigenvalue weighted by atomic mass is 10.1. The topological polar surface area (TPSA) is 72.3 Å². The standard InChI is InChI=1S/C13H13NO4/c1-17-11(15)8-7-10-12(18-14-13(10)16)9-5-3-2-4-6-9/h2-6H,7-8H2,1H3,(H,14,16). The van der Waals surface area contributed by atoms with Crippen molar-refractivity contribution in [1.29, 1.82) is 0 Å². The normalized spacial score (nSPS) is 10.3. The summed E-state index contributed by atoms with van der Waals surface area (Å²) in [6, 6.07) is 9.27. The molecular formula is C13H13NO4. The summed E-state index contributed by atoms with van der Waals surface area (Å²) in [5.74, 6) is 0.124. The van der Waals surface area contributed by atoms with E-state index in [1.54, 1.807) is 0 Å². The van der Waals surface area contributed by atoms with E-state index in [9.17, 15) is 9.59 Å². The van der Waals surface area contributed by atoms with Crippen LogP contribution in [0.3, 0.4) is 0 Å². The molecule has 0 bridgehead atoms. The Labute approximate surface area is 103 Å². The van der Waals surface area contributed by atoms with Crippen LogP contribution in [-0.4, -0.2) is 18.2 Å². The molecule has 0 saturated carbocycles. The summed E-state index contributed by atoms with van der Waals surface area (Å²) in [6.45, 7) is 0. The number of carbonyl (C=O) groups is 1. The van der Waals surface area contributed by atoms with Crippen molar-refractivity contribution in [2.75, 3.05) is 7.11 Å². The van der Waals surface area contributed by atoms with Crippen LogP contribution in [0.25, 0.3) is 11.3 Å². The van der Waals surface area contributed by atoms with Gasteiger partial charge in [-0.1, -0.05) is 30.3 Å². The van der Waals surface area contributed by atoms with Gasteiger partial charge in [-0.15, -0.1) is 0 Å². The molecule has 5 heteroatoms. The number of H-pyrrole nitrogens is 1. The van der Waals surface area contributed by atoms with E-state index in [-0.39, 0.29) is 17.9 Å². The summed E-state index contributed by atoms with van der Waals surface area (Å²) in [5.41, 5.74) is 0.958. The average molecular weight is 247 g/mol. The van der Waals surface area contributed by atoms with E-state index in [4.69, 9.17) is 4.52 Å². The third kappa shape index (κ3) is 2.51. The van der Waals surface area contributed by atoms with Gasteiger partial charge in [-0.25, -0.2) is 0 Å². The summed E-state index contributed by atoms with van der Waals surface area (Å²) in [6.07, 6.45) is 0.446. The van der Waals surface area contributed by atoms with Crippen molar-refractivity contribution in [3.8, 4) is 11.3 Å². The minimum atomic E-state index is -0.352. The molecule has 5 nitrogen and oxygen atoms in total. The number of ether oxygens (including phenoxy) is 1. The van der Waals surface area contributed by atoms with E-state index < -0.39 is 0 Å². The van der Waals surface area contributed by atoms with Gasteiger partial charge in [0.15, 0.2) is 5.76 Å². The lowest BCUT2D eigenvalue weighted by Gasteiger charge is -2.00. The molecule has 0 aliphatic carbocycles. The zero-order valence-corrected chi connectivity index (χ0v) is 9.93. The van der Waals surface area contributed by atoms with Crippen LogP contribution in [0.5, 0.6) is 0 Å². The van der Waals surface area contributed by atoms with Gasteiger partial charge in [-0.3, -0.25) is 9.59 Å². The molecule has 0 fully saturated rings.